The summed E-state index contributed by atoms with van der Waals surface area (Å²) in [5.74, 6) is 0.830. The van der Waals surface area contributed by atoms with Crippen LogP contribution in [0.5, 0.6) is 5.75 Å². The summed E-state index contributed by atoms with van der Waals surface area (Å²) in [5, 5.41) is 9.74. The van der Waals surface area contributed by atoms with Crippen molar-refractivity contribution in [2.24, 2.45) is 0 Å². The first kappa shape index (κ1) is 14.6. The molecule has 20 heavy (non-hydrogen) atoms. The fourth-order valence-corrected chi connectivity index (χ4v) is 2.06. The predicted molar refractivity (Wildman–Crippen MR) is 81.8 cm³/mol. The normalized spacial score (nSPS) is 12.2. The lowest BCUT2D eigenvalue weighted by Crippen LogP contribution is -1.97. The average molecular weight is 270 g/mol. The lowest BCUT2D eigenvalue weighted by Gasteiger charge is -2.10. The Morgan fingerprint density at radius 3 is 2.05 bits per heavy atom. The molecule has 0 saturated heterocycles. The van der Waals surface area contributed by atoms with Gasteiger partial charge in [-0.1, -0.05) is 50.2 Å². The Morgan fingerprint density at radius 2 is 1.50 bits per heavy atom. The van der Waals surface area contributed by atoms with E-state index in [1.54, 1.807) is 0 Å². The van der Waals surface area contributed by atoms with E-state index < -0.39 is 0 Å². The Hall–Kier alpha value is -1.80. The lowest BCUT2D eigenvalue weighted by molar-refractivity contribution is 0.173. The van der Waals surface area contributed by atoms with Crippen LogP contribution < -0.4 is 4.74 Å². The first-order chi connectivity index (χ1) is 9.72. The highest BCUT2D eigenvalue weighted by molar-refractivity contribution is 5.29. The molecule has 0 radical (unpaired) electrons. The Morgan fingerprint density at radius 1 is 0.900 bits per heavy atom. The van der Waals surface area contributed by atoms with Crippen LogP contribution in [0.1, 0.15) is 43.1 Å². The smallest absolute Gasteiger partial charge is 0.119 e. The van der Waals surface area contributed by atoms with E-state index >= 15 is 0 Å². The zero-order valence-corrected chi connectivity index (χ0v) is 12.2. The van der Waals surface area contributed by atoms with Crippen LogP contribution >= 0.6 is 0 Å². The maximum atomic E-state index is 9.74. The first-order valence-corrected chi connectivity index (χ1v) is 7.21. The minimum absolute atomic E-state index is 0.384. The highest BCUT2D eigenvalue weighted by atomic mass is 16.5. The molecule has 0 aromatic heterocycles. The van der Waals surface area contributed by atoms with E-state index in [1.807, 2.05) is 31.2 Å². The van der Waals surface area contributed by atoms with Gasteiger partial charge in [-0.25, -0.2) is 0 Å². The molecule has 0 heterocycles. The fourth-order valence-electron chi connectivity index (χ4n) is 2.06. The number of aliphatic hydroxyl groups is 1. The van der Waals surface area contributed by atoms with Crippen LogP contribution in [-0.4, -0.2) is 5.11 Å². The second-order valence-electron chi connectivity index (χ2n) is 4.95. The van der Waals surface area contributed by atoms with Gasteiger partial charge in [0.05, 0.1) is 6.10 Å². The largest absolute Gasteiger partial charge is 0.489 e. The highest BCUT2D eigenvalue weighted by Crippen LogP contribution is 2.20. The quantitative estimate of drug-likeness (QED) is 0.849. The van der Waals surface area contributed by atoms with Crippen molar-refractivity contribution < 1.29 is 9.84 Å². The minimum atomic E-state index is -0.384. The summed E-state index contributed by atoms with van der Waals surface area (Å²) >= 11 is 0. The molecule has 2 aromatic carbocycles. The van der Waals surface area contributed by atoms with Gasteiger partial charge in [-0.15, -0.1) is 0 Å². The summed E-state index contributed by atoms with van der Waals surface area (Å²) in [6.07, 6.45) is 1.40. The number of benzene rings is 2. The lowest BCUT2D eigenvalue weighted by atomic mass is 10.1. The van der Waals surface area contributed by atoms with Gasteiger partial charge in [0.15, 0.2) is 0 Å². The molecule has 0 aliphatic rings. The van der Waals surface area contributed by atoms with E-state index in [0.29, 0.717) is 6.61 Å². The van der Waals surface area contributed by atoms with E-state index in [4.69, 9.17) is 4.74 Å². The van der Waals surface area contributed by atoms with E-state index in [9.17, 15) is 5.11 Å². The van der Waals surface area contributed by atoms with Crippen molar-refractivity contribution in [1.29, 1.82) is 0 Å². The monoisotopic (exact) mass is 270 g/mol. The van der Waals surface area contributed by atoms with Crippen molar-refractivity contribution in [3.63, 3.8) is 0 Å². The van der Waals surface area contributed by atoms with E-state index in [1.165, 1.54) is 11.1 Å². The van der Waals surface area contributed by atoms with Crippen LogP contribution in [0.25, 0.3) is 0 Å². The van der Waals surface area contributed by atoms with Gasteiger partial charge in [-0.05, 0) is 41.7 Å². The molecule has 0 aliphatic carbocycles. The number of hydrogen-bond donors (Lipinski definition) is 1. The SMILES string of the molecule is CCc1ccc(COc2ccc(C(O)CC)cc2)cc1. The zero-order valence-electron chi connectivity index (χ0n) is 12.2. The van der Waals surface area contributed by atoms with Gasteiger partial charge >= 0.3 is 0 Å². The fraction of sp³-hybridized carbons (Fsp3) is 0.333. The van der Waals surface area contributed by atoms with E-state index in [-0.39, 0.29) is 6.10 Å². The molecular formula is C18H22O2. The third-order valence-corrected chi connectivity index (χ3v) is 3.49. The molecule has 1 N–H and O–H groups in total. The van der Waals surface area contributed by atoms with Crippen LogP contribution in [0.4, 0.5) is 0 Å². The number of ether oxygens (including phenoxy) is 1. The van der Waals surface area contributed by atoms with Gasteiger partial charge < -0.3 is 9.84 Å². The summed E-state index contributed by atoms with van der Waals surface area (Å²) in [5.41, 5.74) is 3.44. The van der Waals surface area contributed by atoms with Crippen molar-refractivity contribution in [1.82, 2.24) is 0 Å². The maximum Gasteiger partial charge on any atom is 0.119 e. The van der Waals surface area contributed by atoms with Crippen LogP contribution in [0, 0.1) is 0 Å². The molecule has 1 unspecified atom stereocenters. The first-order valence-electron chi connectivity index (χ1n) is 7.21. The summed E-state index contributed by atoms with van der Waals surface area (Å²) in [6, 6.07) is 16.2. The standard InChI is InChI=1S/C18H22O2/c1-3-14-5-7-15(8-6-14)13-20-17-11-9-16(10-12-17)18(19)4-2/h5-12,18-19H,3-4,13H2,1-2H3. The molecule has 0 spiro atoms. The number of hydrogen-bond acceptors (Lipinski definition) is 2. The predicted octanol–water partition coefficient (Wildman–Crippen LogP) is 4.27. The topological polar surface area (TPSA) is 29.5 Å². The van der Waals surface area contributed by atoms with Gasteiger partial charge in [0.2, 0.25) is 0 Å². The third kappa shape index (κ3) is 3.84. The third-order valence-electron chi connectivity index (χ3n) is 3.49. The van der Waals surface area contributed by atoms with Crippen LogP contribution in [-0.2, 0) is 13.0 Å². The summed E-state index contributed by atoms with van der Waals surface area (Å²) < 4.78 is 5.75. The number of aryl methyl sites for hydroxylation is 1. The second-order valence-corrected chi connectivity index (χ2v) is 4.95. The number of aliphatic hydroxyl groups excluding tert-OH is 1. The van der Waals surface area contributed by atoms with Crippen LogP contribution in [0.3, 0.4) is 0 Å². The molecule has 2 aromatic rings. The van der Waals surface area contributed by atoms with E-state index in [2.05, 4.69) is 31.2 Å². The highest BCUT2D eigenvalue weighted by Gasteiger charge is 2.04. The molecule has 2 rings (SSSR count). The van der Waals surface area contributed by atoms with Crippen molar-refractivity contribution in [3.05, 3.63) is 65.2 Å². The molecule has 0 aliphatic heterocycles. The Labute approximate surface area is 121 Å². The van der Waals surface area contributed by atoms with E-state index in [0.717, 1.165) is 24.2 Å². The molecule has 0 amide bonds. The van der Waals surface area contributed by atoms with Gasteiger partial charge in [0, 0.05) is 0 Å². The Bertz CT molecular complexity index is 514. The molecular weight excluding hydrogens is 248 g/mol. The molecule has 106 valence electrons. The maximum absolute atomic E-state index is 9.74. The molecule has 1 atom stereocenters. The van der Waals surface area contributed by atoms with Gasteiger partial charge in [0.25, 0.3) is 0 Å². The summed E-state index contributed by atoms with van der Waals surface area (Å²) in [6.45, 7) is 4.69. The minimum Gasteiger partial charge on any atom is -0.489 e. The number of rotatable bonds is 6. The van der Waals surface area contributed by atoms with Crippen molar-refractivity contribution in [2.75, 3.05) is 0 Å². The Kier molecular flexibility index (Phi) is 5.19. The van der Waals surface area contributed by atoms with Crippen LogP contribution in [0.15, 0.2) is 48.5 Å². The van der Waals surface area contributed by atoms with Gasteiger partial charge in [-0.3, -0.25) is 0 Å². The van der Waals surface area contributed by atoms with Crippen LogP contribution in [0.2, 0.25) is 0 Å². The molecule has 0 bridgehead atoms. The van der Waals surface area contributed by atoms with Crippen molar-refractivity contribution >= 4 is 0 Å². The van der Waals surface area contributed by atoms with Crippen molar-refractivity contribution in [2.45, 2.75) is 39.4 Å². The molecule has 0 fully saturated rings. The molecule has 2 nitrogen and oxygen atoms in total. The van der Waals surface area contributed by atoms with Gasteiger partial charge in [0.1, 0.15) is 12.4 Å². The summed E-state index contributed by atoms with van der Waals surface area (Å²) in [7, 11) is 0. The Balaban J connectivity index is 1.93. The molecule has 0 saturated carbocycles. The average Bonchev–Trinajstić information content (AvgIpc) is 2.53. The second kappa shape index (κ2) is 7.11. The van der Waals surface area contributed by atoms with Gasteiger partial charge in [-0.2, -0.15) is 0 Å². The zero-order chi connectivity index (χ0) is 14.4. The van der Waals surface area contributed by atoms with Crippen molar-refractivity contribution in [3.8, 4) is 5.75 Å². The summed E-state index contributed by atoms with van der Waals surface area (Å²) in [4.78, 5) is 0. The molecule has 2 heteroatoms.